The number of anilines is 1. The Morgan fingerprint density at radius 1 is 1.28 bits per heavy atom. The van der Waals surface area contributed by atoms with Gasteiger partial charge in [-0.25, -0.2) is 9.97 Å². The molecule has 5 heteroatoms. The lowest BCUT2D eigenvalue weighted by atomic mass is 9.84. The zero-order chi connectivity index (χ0) is 13.4. The SMILES string of the molecule is CCOc1cc(NCC(CC)(CC)CCl)ncn1. The summed E-state index contributed by atoms with van der Waals surface area (Å²) in [5.41, 5.74) is 0.123. The van der Waals surface area contributed by atoms with Crippen molar-refractivity contribution in [2.24, 2.45) is 5.41 Å². The Hall–Kier alpha value is -1.03. The van der Waals surface area contributed by atoms with E-state index in [-0.39, 0.29) is 5.41 Å². The topological polar surface area (TPSA) is 47.0 Å². The summed E-state index contributed by atoms with van der Waals surface area (Å²) >= 11 is 6.07. The zero-order valence-electron chi connectivity index (χ0n) is 11.4. The molecule has 1 aromatic heterocycles. The molecule has 1 heterocycles. The van der Waals surface area contributed by atoms with Gasteiger partial charge in [0.15, 0.2) is 0 Å². The lowest BCUT2D eigenvalue weighted by Gasteiger charge is -2.29. The Labute approximate surface area is 114 Å². The van der Waals surface area contributed by atoms with E-state index in [4.69, 9.17) is 16.3 Å². The van der Waals surface area contributed by atoms with Crippen molar-refractivity contribution in [3.05, 3.63) is 12.4 Å². The Morgan fingerprint density at radius 3 is 2.56 bits per heavy atom. The normalized spacial score (nSPS) is 11.3. The molecular formula is C13H22ClN3O. The van der Waals surface area contributed by atoms with Gasteiger partial charge in [0.2, 0.25) is 5.88 Å². The minimum atomic E-state index is 0.123. The Balaban J connectivity index is 2.64. The van der Waals surface area contributed by atoms with Crippen molar-refractivity contribution in [3.63, 3.8) is 0 Å². The van der Waals surface area contributed by atoms with E-state index in [0.29, 0.717) is 18.4 Å². The first kappa shape index (κ1) is 15.0. The maximum atomic E-state index is 6.07. The molecule has 102 valence electrons. The van der Waals surface area contributed by atoms with Crippen LogP contribution in [0.2, 0.25) is 0 Å². The Morgan fingerprint density at radius 2 is 2.00 bits per heavy atom. The maximum absolute atomic E-state index is 6.07. The van der Waals surface area contributed by atoms with Gasteiger partial charge in [-0.3, -0.25) is 0 Å². The van der Waals surface area contributed by atoms with Gasteiger partial charge < -0.3 is 10.1 Å². The number of ether oxygens (including phenoxy) is 1. The lowest BCUT2D eigenvalue weighted by Crippen LogP contribution is -2.30. The molecule has 1 aromatic rings. The molecule has 0 aliphatic heterocycles. The van der Waals surface area contributed by atoms with Gasteiger partial charge in [-0.2, -0.15) is 0 Å². The lowest BCUT2D eigenvalue weighted by molar-refractivity contribution is 0.323. The summed E-state index contributed by atoms with van der Waals surface area (Å²) in [6.07, 6.45) is 3.60. The highest BCUT2D eigenvalue weighted by Gasteiger charge is 2.24. The van der Waals surface area contributed by atoms with Crippen LogP contribution in [0, 0.1) is 5.41 Å². The first-order valence-electron chi connectivity index (χ1n) is 6.44. The Bertz CT molecular complexity index is 348. The molecule has 0 atom stereocenters. The Kier molecular flexibility index (Phi) is 6.19. The van der Waals surface area contributed by atoms with Gasteiger partial charge >= 0.3 is 0 Å². The van der Waals surface area contributed by atoms with Crippen LogP contribution in [-0.2, 0) is 0 Å². The summed E-state index contributed by atoms with van der Waals surface area (Å²) in [7, 11) is 0. The van der Waals surface area contributed by atoms with Crippen molar-refractivity contribution in [3.8, 4) is 5.88 Å². The summed E-state index contributed by atoms with van der Waals surface area (Å²) in [5, 5.41) is 3.32. The second-order valence-corrected chi connectivity index (χ2v) is 4.64. The van der Waals surface area contributed by atoms with E-state index < -0.39 is 0 Å². The third kappa shape index (κ3) is 4.02. The minimum Gasteiger partial charge on any atom is -0.478 e. The molecule has 1 N–H and O–H groups in total. The number of alkyl halides is 1. The summed E-state index contributed by atoms with van der Waals surface area (Å²) in [6.45, 7) is 7.68. The molecule has 1 rings (SSSR count). The summed E-state index contributed by atoms with van der Waals surface area (Å²) < 4.78 is 5.34. The van der Waals surface area contributed by atoms with Crippen LogP contribution in [0.4, 0.5) is 5.82 Å². The molecular weight excluding hydrogens is 250 g/mol. The second kappa shape index (κ2) is 7.41. The van der Waals surface area contributed by atoms with Gasteiger partial charge in [-0.1, -0.05) is 13.8 Å². The van der Waals surface area contributed by atoms with E-state index in [9.17, 15) is 0 Å². The quantitative estimate of drug-likeness (QED) is 0.737. The molecule has 0 aliphatic carbocycles. The van der Waals surface area contributed by atoms with Crippen molar-refractivity contribution < 1.29 is 4.74 Å². The summed E-state index contributed by atoms with van der Waals surface area (Å²) in [6, 6.07) is 1.81. The molecule has 0 aliphatic rings. The number of rotatable bonds is 8. The van der Waals surface area contributed by atoms with Crippen molar-refractivity contribution >= 4 is 17.4 Å². The van der Waals surface area contributed by atoms with Crippen molar-refractivity contribution in [1.82, 2.24) is 9.97 Å². The van der Waals surface area contributed by atoms with Crippen LogP contribution in [0.3, 0.4) is 0 Å². The van der Waals surface area contributed by atoms with E-state index in [0.717, 1.165) is 25.2 Å². The predicted octanol–water partition coefficient (Wildman–Crippen LogP) is 3.33. The summed E-state index contributed by atoms with van der Waals surface area (Å²) in [5.74, 6) is 2.03. The molecule has 0 radical (unpaired) electrons. The van der Waals surface area contributed by atoms with E-state index >= 15 is 0 Å². The largest absolute Gasteiger partial charge is 0.478 e. The van der Waals surface area contributed by atoms with Crippen LogP contribution in [0.25, 0.3) is 0 Å². The fraction of sp³-hybridized carbons (Fsp3) is 0.692. The smallest absolute Gasteiger partial charge is 0.218 e. The molecule has 0 bridgehead atoms. The van der Waals surface area contributed by atoms with E-state index in [2.05, 4.69) is 29.1 Å². The first-order chi connectivity index (χ1) is 8.69. The molecule has 0 unspecified atom stereocenters. The standard InChI is InChI=1S/C13H22ClN3O/c1-4-13(5-2,8-14)9-15-11-7-12(18-6-3)17-10-16-11/h7,10H,4-6,8-9H2,1-3H3,(H,15,16,17). The summed E-state index contributed by atoms with van der Waals surface area (Å²) in [4.78, 5) is 8.22. The number of nitrogens with zero attached hydrogens (tertiary/aromatic N) is 2. The molecule has 0 saturated carbocycles. The molecule has 4 nitrogen and oxygen atoms in total. The highest BCUT2D eigenvalue weighted by Crippen LogP contribution is 2.28. The van der Waals surface area contributed by atoms with Crippen LogP contribution in [-0.4, -0.2) is 29.0 Å². The van der Waals surface area contributed by atoms with Gasteiger partial charge in [0.25, 0.3) is 0 Å². The molecule has 0 aromatic carbocycles. The average Bonchev–Trinajstić information content (AvgIpc) is 2.42. The van der Waals surface area contributed by atoms with E-state index in [1.54, 1.807) is 0 Å². The van der Waals surface area contributed by atoms with Gasteiger partial charge in [-0.05, 0) is 19.8 Å². The van der Waals surface area contributed by atoms with Crippen LogP contribution in [0.5, 0.6) is 5.88 Å². The predicted molar refractivity (Wildman–Crippen MR) is 75.4 cm³/mol. The molecule has 0 saturated heterocycles. The number of nitrogens with one attached hydrogen (secondary N) is 1. The number of hydrogen-bond acceptors (Lipinski definition) is 4. The van der Waals surface area contributed by atoms with Gasteiger partial charge in [0.1, 0.15) is 12.1 Å². The molecule has 18 heavy (non-hydrogen) atoms. The maximum Gasteiger partial charge on any atom is 0.218 e. The minimum absolute atomic E-state index is 0.123. The van der Waals surface area contributed by atoms with Crippen molar-refractivity contribution in [2.45, 2.75) is 33.6 Å². The number of halogens is 1. The molecule has 0 fully saturated rings. The fourth-order valence-corrected chi connectivity index (χ4v) is 2.15. The second-order valence-electron chi connectivity index (χ2n) is 4.37. The van der Waals surface area contributed by atoms with E-state index in [1.165, 1.54) is 6.33 Å². The molecule has 0 spiro atoms. The number of aromatic nitrogens is 2. The van der Waals surface area contributed by atoms with Crippen molar-refractivity contribution in [2.75, 3.05) is 24.3 Å². The van der Waals surface area contributed by atoms with Crippen LogP contribution in [0.15, 0.2) is 12.4 Å². The highest BCUT2D eigenvalue weighted by atomic mass is 35.5. The third-order valence-electron chi connectivity index (χ3n) is 3.36. The zero-order valence-corrected chi connectivity index (χ0v) is 12.1. The van der Waals surface area contributed by atoms with Gasteiger partial charge in [0, 0.05) is 23.9 Å². The van der Waals surface area contributed by atoms with Crippen LogP contribution >= 0.6 is 11.6 Å². The van der Waals surface area contributed by atoms with Crippen LogP contribution in [0.1, 0.15) is 33.6 Å². The monoisotopic (exact) mass is 271 g/mol. The fourth-order valence-electron chi connectivity index (χ4n) is 1.68. The van der Waals surface area contributed by atoms with Gasteiger partial charge in [-0.15, -0.1) is 11.6 Å². The van der Waals surface area contributed by atoms with Crippen LogP contribution < -0.4 is 10.1 Å². The third-order valence-corrected chi connectivity index (χ3v) is 3.93. The first-order valence-corrected chi connectivity index (χ1v) is 6.97. The van der Waals surface area contributed by atoms with E-state index in [1.807, 2.05) is 13.0 Å². The number of hydrogen-bond donors (Lipinski definition) is 1. The van der Waals surface area contributed by atoms with Crippen molar-refractivity contribution in [1.29, 1.82) is 0 Å². The van der Waals surface area contributed by atoms with Gasteiger partial charge in [0.05, 0.1) is 6.61 Å². The highest BCUT2D eigenvalue weighted by molar-refractivity contribution is 6.18. The average molecular weight is 272 g/mol. The molecule has 0 amide bonds.